The minimum Gasteiger partial charge on any atom is -0.338 e. The SMILES string of the molecule is N#Cc1ccc(NC(=O)C2CCCN(C(=O)c3ccc(F)cc3)C2)cc1. The summed E-state index contributed by atoms with van der Waals surface area (Å²) in [6, 6.07) is 14.1. The number of nitrogens with one attached hydrogen (secondary N) is 1. The topological polar surface area (TPSA) is 73.2 Å². The number of piperidine rings is 1. The van der Waals surface area contributed by atoms with Gasteiger partial charge in [-0.25, -0.2) is 4.39 Å². The van der Waals surface area contributed by atoms with Crippen molar-refractivity contribution in [1.29, 1.82) is 5.26 Å². The van der Waals surface area contributed by atoms with Crippen LogP contribution in [0.5, 0.6) is 0 Å². The zero-order valence-electron chi connectivity index (χ0n) is 14.1. The Labute approximate surface area is 151 Å². The highest BCUT2D eigenvalue weighted by atomic mass is 19.1. The van der Waals surface area contributed by atoms with Crippen molar-refractivity contribution < 1.29 is 14.0 Å². The van der Waals surface area contributed by atoms with Crippen LogP contribution in [0.15, 0.2) is 48.5 Å². The molecule has 0 spiro atoms. The second kappa shape index (κ2) is 7.79. The van der Waals surface area contributed by atoms with E-state index in [-0.39, 0.29) is 23.5 Å². The fraction of sp³-hybridized carbons (Fsp3) is 0.250. The predicted octanol–water partition coefficient (Wildman–Crippen LogP) is 3.19. The van der Waals surface area contributed by atoms with Crippen molar-refractivity contribution >= 4 is 17.5 Å². The van der Waals surface area contributed by atoms with Crippen LogP contribution in [-0.4, -0.2) is 29.8 Å². The number of hydrogen-bond donors (Lipinski definition) is 1. The molecular weight excluding hydrogens is 333 g/mol. The number of nitriles is 1. The maximum Gasteiger partial charge on any atom is 0.253 e. The fourth-order valence-electron chi connectivity index (χ4n) is 3.02. The molecule has 1 atom stereocenters. The number of nitrogens with zero attached hydrogens (tertiary/aromatic N) is 2. The lowest BCUT2D eigenvalue weighted by Gasteiger charge is -2.32. The van der Waals surface area contributed by atoms with E-state index in [2.05, 4.69) is 5.32 Å². The molecule has 0 aromatic heterocycles. The van der Waals surface area contributed by atoms with Crippen molar-refractivity contribution in [2.75, 3.05) is 18.4 Å². The van der Waals surface area contributed by atoms with Crippen LogP contribution in [0.2, 0.25) is 0 Å². The van der Waals surface area contributed by atoms with Gasteiger partial charge in [-0.3, -0.25) is 9.59 Å². The fourth-order valence-corrected chi connectivity index (χ4v) is 3.02. The smallest absolute Gasteiger partial charge is 0.253 e. The van der Waals surface area contributed by atoms with Crippen LogP contribution < -0.4 is 5.32 Å². The molecule has 1 aliphatic heterocycles. The molecule has 3 rings (SSSR count). The van der Waals surface area contributed by atoms with E-state index in [9.17, 15) is 14.0 Å². The van der Waals surface area contributed by atoms with Gasteiger partial charge in [0.05, 0.1) is 17.6 Å². The van der Waals surface area contributed by atoms with Crippen molar-refractivity contribution in [2.45, 2.75) is 12.8 Å². The standard InChI is InChI=1S/C20H18FN3O2/c21-17-7-5-15(6-8-17)20(26)24-11-1-2-16(13-24)19(25)23-18-9-3-14(12-22)4-10-18/h3-10,16H,1-2,11,13H2,(H,23,25). The highest BCUT2D eigenvalue weighted by Gasteiger charge is 2.29. The molecule has 1 N–H and O–H groups in total. The summed E-state index contributed by atoms with van der Waals surface area (Å²) in [6.07, 6.45) is 1.44. The van der Waals surface area contributed by atoms with Crippen LogP contribution in [0, 0.1) is 23.1 Å². The maximum atomic E-state index is 13.0. The van der Waals surface area contributed by atoms with Gasteiger partial charge < -0.3 is 10.2 Å². The lowest BCUT2D eigenvalue weighted by molar-refractivity contribution is -0.121. The zero-order chi connectivity index (χ0) is 18.5. The summed E-state index contributed by atoms with van der Waals surface area (Å²) in [6.45, 7) is 0.912. The van der Waals surface area contributed by atoms with Crippen molar-refractivity contribution in [3.63, 3.8) is 0 Å². The second-order valence-corrected chi connectivity index (χ2v) is 6.28. The minimum absolute atomic E-state index is 0.147. The van der Waals surface area contributed by atoms with Crippen LogP contribution in [0.1, 0.15) is 28.8 Å². The maximum absolute atomic E-state index is 13.0. The number of carbonyl (C=O) groups is 2. The first kappa shape index (κ1) is 17.6. The van der Waals surface area contributed by atoms with Crippen LogP contribution in [0.25, 0.3) is 0 Å². The van der Waals surface area contributed by atoms with Gasteiger partial charge in [-0.05, 0) is 61.4 Å². The molecule has 1 unspecified atom stereocenters. The number of benzene rings is 2. The van der Waals surface area contributed by atoms with E-state index < -0.39 is 0 Å². The molecule has 0 aliphatic carbocycles. The summed E-state index contributed by atoms with van der Waals surface area (Å²) in [5.41, 5.74) is 1.56. The van der Waals surface area contributed by atoms with Crippen molar-refractivity contribution in [2.24, 2.45) is 5.92 Å². The Morgan fingerprint density at radius 2 is 1.81 bits per heavy atom. The quantitative estimate of drug-likeness (QED) is 0.923. The summed E-state index contributed by atoms with van der Waals surface area (Å²) in [5.74, 6) is -1.03. The van der Waals surface area contributed by atoms with Crippen molar-refractivity contribution in [3.05, 3.63) is 65.5 Å². The molecule has 1 aliphatic rings. The van der Waals surface area contributed by atoms with Gasteiger partial charge in [-0.2, -0.15) is 5.26 Å². The Morgan fingerprint density at radius 3 is 2.46 bits per heavy atom. The van der Waals surface area contributed by atoms with Crippen LogP contribution >= 0.6 is 0 Å². The molecule has 1 fully saturated rings. The lowest BCUT2D eigenvalue weighted by Crippen LogP contribution is -2.43. The summed E-state index contributed by atoms with van der Waals surface area (Å²) >= 11 is 0. The third-order valence-electron chi connectivity index (χ3n) is 4.45. The Bertz CT molecular complexity index is 841. The molecule has 0 saturated carbocycles. The Balaban J connectivity index is 1.63. The molecule has 132 valence electrons. The van der Waals surface area contributed by atoms with Crippen molar-refractivity contribution in [3.8, 4) is 6.07 Å². The third-order valence-corrected chi connectivity index (χ3v) is 4.45. The molecule has 2 amide bonds. The average Bonchev–Trinajstić information content (AvgIpc) is 2.68. The first-order chi connectivity index (χ1) is 12.6. The van der Waals surface area contributed by atoms with Gasteiger partial charge in [0.2, 0.25) is 5.91 Å². The highest BCUT2D eigenvalue weighted by Crippen LogP contribution is 2.21. The van der Waals surface area contributed by atoms with Gasteiger partial charge in [-0.15, -0.1) is 0 Å². The zero-order valence-corrected chi connectivity index (χ0v) is 14.1. The van der Waals surface area contributed by atoms with Gasteiger partial charge >= 0.3 is 0 Å². The van der Waals surface area contributed by atoms with Crippen molar-refractivity contribution in [1.82, 2.24) is 4.90 Å². The van der Waals surface area contributed by atoms with E-state index in [0.29, 0.717) is 36.3 Å². The number of amides is 2. The van der Waals surface area contributed by atoms with E-state index >= 15 is 0 Å². The summed E-state index contributed by atoms with van der Waals surface area (Å²) in [4.78, 5) is 26.7. The Kier molecular flexibility index (Phi) is 5.28. The molecule has 1 saturated heterocycles. The van der Waals surface area contributed by atoms with E-state index in [0.717, 1.165) is 6.42 Å². The lowest BCUT2D eigenvalue weighted by atomic mass is 9.96. The average molecular weight is 351 g/mol. The van der Waals surface area contributed by atoms with Crippen LogP contribution in [0.3, 0.4) is 0 Å². The third kappa shape index (κ3) is 4.06. The monoisotopic (exact) mass is 351 g/mol. The van der Waals surface area contributed by atoms with E-state index in [1.807, 2.05) is 6.07 Å². The number of likely N-dealkylation sites (tertiary alicyclic amines) is 1. The van der Waals surface area contributed by atoms with Gasteiger partial charge in [0.15, 0.2) is 0 Å². The van der Waals surface area contributed by atoms with E-state index in [1.54, 1.807) is 29.2 Å². The Morgan fingerprint density at radius 1 is 1.12 bits per heavy atom. The molecule has 5 nitrogen and oxygen atoms in total. The van der Waals surface area contributed by atoms with Gasteiger partial charge in [0.25, 0.3) is 5.91 Å². The first-order valence-corrected chi connectivity index (χ1v) is 8.42. The molecular formula is C20H18FN3O2. The van der Waals surface area contributed by atoms with Crippen LogP contribution in [-0.2, 0) is 4.79 Å². The van der Waals surface area contributed by atoms with Crippen LogP contribution in [0.4, 0.5) is 10.1 Å². The minimum atomic E-state index is -0.389. The summed E-state index contributed by atoms with van der Waals surface area (Å²) in [7, 11) is 0. The van der Waals surface area contributed by atoms with E-state index in [1.165, 1.54) is 24.3 Å². The van der Waals surface area contributed by atoms with Gasteiger partial charge in [-0.1, -0.05) is 0 Å². The summed E-state index contributed by atoms with van der Waals surface area (Å²) < 4.78 is 13.0. The predicted molar refractivity (Wildman–Crippen MR) is 94.8 cm³/mol. The summed E-state index contributed by atoms with van der Waals surface area (Å²) in [5, 5.41) is 11.6. The molecule has 6 heteroatoms. The molecule has 0 bridgehead atoms. The number of carbonyl (C=O) groups excluding carboxylic acids is 2. The number of hydrogen-bond acceptors (Lipinski definition) is 3. The molecule has 2 aromatic carbocycles. The number of anilines is 1. The van der Waals surface area contributed by atoms with Gasteiger partial charge in [0, 0.05) is 24.3 Å². The largest absolute Gasteiger partial charge is 0.338 e. The Hall–Kier alpha value is -3.20. The first-order valence-electron chi connectivity index (χ1n) is 8.42. The molecule has 26 heavy (non-hydrogen) atoms. The molecule has 1 heterocycles. The highest BCUT2D eigenvalue weighted by molar-refractivity contribution is 5.96. The normalized spacial score (nSPS) is 16.6. The molecule has 2 aromatic rings. The van der Waals surface area contributed by atoms with E-state index in [4.69, 9.17) is 5.26 Å². The number of halogens is 1. The number of rotatable bonds is 3. The van der Waals surface area contributed by atoms with Gasteiger partial charge in [0.1, 0.15) is 5.82 Å². The second-order valence-electron chi connectivity index (χ2n) is 6.28. The molecule has 0 radical (unpaired) electrons.